The number of rotatable bonds is 8. The molecular formula is C24H21ClN4O2S. The van der Waals surface area contributed by atoms with E-state index in [9.17, 15) is 4.79 Å². The summed E-state index contributed by atoms with van der Waals surface area (Å²) in [5.41, 5.74) is 2.82. The molecule has 162 valence electrons. The summed E-state index contributed by atoms with van der Waals surface area (Å²) in [6.45, 7) is 0.443. The van der Waals surface area contributed by atoms with Crippen LogP contribution in [0.25, 0.3) is 17.1 Å². The van der Waals surface area contributed by atoms with Gasteiger partial charge in [-0.1, -0.05) is 53.7 Å². The molecule has 0 aliphatic heterocycles. The highest BCUT2D eigenvalue weighted by molar-refractivity contribution is 7.99. The minimum absolute atomic E-state index is 0.0847. The normalized spacial score (nSPS) is 10.7. The van der Waals surface area contributed by atoms with E-state index in [4.69, 9.17) is 16.3 Å². The van der Waals surface area contributed by atoms with Crippen molar-refractivity contribution >= 4 is 29.3 Å². The predicted molar refractivity (Wildman–Crippen MR) is 127 cm³/mol. The van der Waals surface area contributed by atoms with E-state index in [1.165, 1.54) is 11.8 Å². The van der Waals surface area contributed by atoms with Crippen LogP contribution in [0.2, 0.25) is 5.02 Å². The summed E-state index contributed by atoms with van der Waals surface area (Å²) in [5.74, 6) is 1.61. The summed E-state index contributed by atoms with van der Waals surface area (Å²) in [5, 5.41) is 13.0. The lowest BCUT2D eigenvalue weighted by Crippen LogP contribution is -2.24. The molecule has 0 bridgehead atoms. The first-order chi connectivity index (χ1) is 15.6. The maximum absolute atomic E-state index is 12.4. The Kier molecular flexibility index (Phi) is 7.09. The van der Waals surface area contributed by atoms with Gasteiger partial charge in [0.2, 0.25) is 5.91 Å². The van der Waals surface area contributed by atoms with Gasteiger partial charge in [0.1, 0.15) is 5.75 Å². The van der Waals surface area contributed by atoms with Gasteiger partial charge in [0.25, 0.3) is 0 Å². The lowest BCUT2D eigenvalue weighted by Gasteiger charge is -2.11. The Bertz CT molecular complexity index is 1180. The number of thioether (sulfide) groups is 1. The van der Waals surface area contributed by atoms with Gasteiger partial charge in [-0.2, -0.15) is 0 Å². The van der Waals surface area contributed by atoms with E-state index in [0.717, 1.165) is 22.6 Å². The van der Waals surface area contributed by atoms with E-state index in [-0.39, 0.29) is 11.7 Å². The highest BCUT2D eigenvalue weighted by Gasteiger charge is 2.17. The Morgan fingerprint density at radius 2 is 1.72 bits per heavy atom. The van der Waals surface area contributed by atoms with Gasteiger partial charge < -0.3 is 10.1 Å². The third-order valence-corrected chi connectivity index (χ3v) is 5.91. The molecule has 1 N–H and O–H groups in total. The van der Waals surface area contributed by atoms with Gasteiger partial charge >= 0.3 is 0 Å². The van der Waals surface area contributed by atoms with E-state index in [2.05, 4.69) is 15.5 Å². The lowest BCUT2D eigenvalue weighted by atomic mass is 10.2. The van der Waals surface area contributed by atoms with Gasteiger partial charge in [-0.3, -0.25) is 9.36 Å². The average molecular weight is 465 g/mol. The molecule has 0 unspecified atom stereocenters. The van der Waals surface area contributed by atoms with Gasteiger partial charge in [-0.05, 0) is 54.1 Å². The average Bonchev–Trinajstić information content (AvgIpc) is 3.27. The van der Waals surface area contributed by atoms with E-state index < -0.39 is 0 Å². The molecule has 0 saturated carbocycles. The minimum atomic E-state index is -0.0847. The quantitative estimate of drug-likeness (QED) is 0.371. The van der Waals surface area contributed by atoms with Gasteiger partial charge in [0, 0.05) is 22.8 Å². The number of hydrogen-bond acceptors (Lipinski definition) is 5. The van der Waals surface area contributed by atoms with E-state index in [1.807, 2.05) is 71.3 Å². The molecule has 1 heterocycles. The third-order valence-electron chi connectivity index (χ3n) is 4.73. The van der Waals surface area contributed by atoms with E-state index >= 15 is 0 Å². The van der Waals surface area contributed by atoms with Crippen molar-refractivity contribution in [3.8, 4) is 22.8 Å². The lowest BCUT2D eigenvalue weighted by molar-refractivity contribution is -0.118. The summed E-state index contributed by atoms with van der Waals surface area (Å²) < 4.78 is 7.21. The minimum Gasteiger partial charge on any atom is -0.497 e. The molecule has 6 nitrogen and oxygen atoms in total. The molecule has 0 fully saturated rings. The van der Waals surface area contributed by atoms with Crippen molar-refractivity contribution in [3.63, 3.8) is 0 Å². The smallest absolute Gasteiger partial charge is 0.230 e. The van der Waals surface area contributed by atoms with Crippen LogP contribution in [-0.4, -0.2) is 33.5 Å². The Morgan fingerprint density at radius 1 is 1.00 bits per heavy atom. The van der Waals surface area contributed by atoms with E-state index in [0.29, 0.717) is 22.5 Å². The van der Waals surface area contributed by atoms with Gasteiger partial charge in [0.15, 0.2) is 11.0 Å². The molecule has 0 aliphatic rings. The molecule has 1 amide bonds. The summed E-state index contributed by atoms with van der Waals surface area (Å²) in [7, 11) is 1.63. The molecule has 8 heteroatoms. The van der Waals surface area contributed by atoms with Crippen molar-refractivity contribution < 1.29 is 9.53 Å². The maximum atomic E-state index is 12.4. The second kappa shape index (κ2) is 10.3. The zero-order valence-electron chi connectivity index (χ0n) is 17.4. The Morgan fingerprint density at radius 3 is 2.41 bits per heavy atom. The van der Waals surface area contributed by atoms with Crippen LogP contribution in [0.1, 0.15) is 5.56 Å². The van der Waals surface area contributed by atoms with Crippen LogP contribution in [0.3, 0.4) is 0 Å². The van der Waals surface area contributed by atoms with Crippen molar-refractivity contribution in [1.29, 1.82) is 0 Å². The Labute approximate surface area is 195 Å². The number of carbonyl (C=O) groups is 1. The number of nitrogens with zero attached hydrogens (tertiary/aromatic N) is 3. The first-order valence-corrected chi connectivity index (χ1v) is 11.3. The largest absolute Gasteiger partial charge is 0.497 e. The van der Waals surface area contributed by atoms with Crippen molar-refractivity contribution in [2.45, 2.75) is 11.7 Å². The fraction of sp³-hybridized carbons (Fsp3) is 0.125. The number of benzene rings is 3. The first-order valence-electron chi connectivity index (χ1n) is 9.93. The molecule has 4 rings (SSSR count). The van der Waals surface area contributed by atoms with Crippen molar-refractivity contribution in [2.24, 2.45) is 0 Å². The number of nitrogens with one attached hydrogen (secondary N) is 1. The molecule has 0 aliphatic carbocycles. The summed E-state index contributed by atoms with van der Waals surface area (Å²) in [4.78, 5) is 12.4. The molecular weight excluding hydrogens is 444 g/mol. The summed E-state index contributed by atoms with van der Waals surface area (Å²) >= 11 is 7.25. The van der Waals surface area contributed by atoms with Crippen LogP contribution in [0.4, 0.5) is 0 Å². The van der Waals surface area contributed by atoms with Crippen LogP contribution < -0.4 is 10.1 Å². The van der Waals surface area contributed by atoms with Crippen molar-refractivity contribution in [2.75, 3.05) is 12.9 Å². The summed E-state index contributed by atoms with van der Waals surface area (Å²) in [6.07, 6.45) is 0. The van der Waals surface area contributed by atoms with Gasteiger partial charge in [0.05, 0.1) is 12.9 Å². The second-order valence-electron chi connectivity index (χ2n) is 6.90. The van der Waals surface area contributed by atoms with E-state index in [1.54, 1.807) is 19.2 Å². The number of para-hydroxylation sites is 1. The van der Waals surface area contributed by atoms with Crippen LogP contribution >= 0.6 is 23.4 Å². The molecule has 4 aromatic rings. The molecule has 1 aromatic heterocycles. The second-order valence-corrected chi connectivity index (χ2v) is 8.28. The standard InChI is InChI=1S/C24H21ClN4O2S/c1-31-21-13-9-18(10-14-21)23-27-28-24(29(23)20-5-3-2-4-6-20)32-16-22(30)26-15-17-7-11-19(25)12-8-17/h2-14H,15-16H2,1H3,(H,26,30). The zero-order valence-corrected chi connectivity index (χ0v) is 18.9. The Hall–Kier alpha value is -3.29. The fourth-order valence-electron chi connectivity index (χ4n) is 3.08. The number of aromatic nitrogens is 3. The number of carbonyl (C=O) groups excluding carboxylic acids is 1. The van der Waals surface area contributed by atoms with Crippen LogP contribution in [-0.2, 0) is 11.3 Å². The van der Waals surface area contributed by atoms with Crippen LogP contribution in [0.15, 0.2) is 84.0 Å². The summed E-state index contributed by atoms with van der Waals surface area (Å²) in [6, 6.07) is 24.9. The maximum Gasteiger partial charge on any atom is 0.230 e. The monoisotopic (exact) mass is 464 g/mol. The highest BCUT2D eigenvalue weighted by atomic mass is 35.5. The number of methoxy groups -OCH3 is 1. The Balaban J connectivity index is 1.51. The molecule has 0 radical (unpaired) electrons. The topological polar surface area (TPSA) is 69.0 Å². The number of hydrogen-bond donors (Lipinski definition) is 1. The van der Waals surface area contributed by atoms with Crippen LogP contribution in [0, 0.1) is 0 Å². The predicted octanol–water partition coefficient (Wildman–Crippen LogP) is 5.00. The number of ether oxygens (including phenoxy) is 1. The van der Waals surface area contributed by atoms with Gasteiger partial charge in [-0.25, -0.2) is 0 Å². The van der Waals surface area contributed by atoms with Crippen molar-refractivity contribution in [3.05, 3.63) is 89.4 Å². The number of amides is 1. The molecule has 0 atom stereocenters. The first kappa shape index (κ1) is 21.9. The molecule has 32 heavy (non-hydrogen) atoms. The molecule has 0 spiro atoms. The SMILES string of the molecule is COc1ccc(-c2nnc(SCC(=O)NCc3ccc(Cl)cc3)n2-c2ccccc2)cc1. The fourth-order valence-corrected chi connectivity index (χ4v) is 3.99. The van der Waals surface area contributed by atoms with Crippen molar-refractivity contribution in [1.82, 2.24) is 20.1 Å². The zero-order chi connectivity index (χ0) is 22.3. The molecule has 0 saturated heterocycles. The van der Waals surface area contributed by atoms with Crippen LogP contribution in [0.5, 0.6) is 5.75 Å². The molecule has 3 aromatic carbocycles. The van der Waals surface area contributed by atoms with Gasteiger partial charge in [-0.15, -0.1) is 10.2 Å². The highest BCUT2D eigenvalue weighted by Crippen LogP contribution is 2.29. The third kappa shape index (κ3) is 5.30. The number of halogens is 1.